The van der Waals surface area contributed by atoms with Gasteiger partial charge in [-0.1, -0.05) is 24.3 Å². The molecule has 0 bridgehead atoms. The summed E-state index contributed by atoms with van der Waals surface area (Å²) in [6, 6.07) is 14.5. The predicted molar refractivity (Wildman–Crippen MR) is 76.3 cm³/mol. The Bertz CT molecular complexity index is 572. The van der Waals surface area contributed by atoms with Crippen LogP contribution in [0.1, 0.15) is 10.4 Å². The zero-order valence-electron chi connectivity index (χ0n) is 9.48. The maximum atomic E-state index is 12.1. The number of para-hydroxylation sites is 2. The molecule has 0 saturated carbocycles. The van der Waals surface area contributed by atoms with E-state index in [0.29, 0.717) is 16.9 Å². The van der Waals surface area contributed by atoms with Gasteiger partial charge in [0.15, 0.2) is 0 Å². The summed E-state index contributed by atoms with van der Waals surface area (Å²) in [6.07, 6.45) is 0. The summed E-state index contributed by atoms with van der Waals surface area (Å²) in [7, 11) is 0. The van der Waals surface area contributed by atoms with Crippen LogP contribution in [-0.2, 0) is 0 Å². The summed E-state index contributed by atoms with van der Waals surface area (Å²) in [6.45, 7) is 0. The van der Waals surface area contributed by atoms with Gasteiger partial charge in [-0.15, -0.1) is 0 Å². The van der Waals surface area contributed by atoms with Crippen LogP contribution in [0.3, 0.4) is 0 Å². The average Bonchev–Trinajstić information content (AvgIpc) is 2.41. The Morgan fingerprint density at radius 2 is 1.61 bits per heavy atom. The molecule has 2 rings (SSSR count). The Balaban J connectivity index is 2.25. The van der Waals surface area contributed by atoms with Crippen molar-refractivity contribution in [2.45, 2.75) is 0 Å². The lowest BCUT2D eigenvalue weighted by Crippen LogP contribution is -2.17. The molecule has 0 saturated heterocycles. The lowest BCUT2D eigenvalue weighted by atomic mass is 10.1. The lowest BCUT2D eigenvalue weighted by molar-refractivity contribution is 0.102. The molecule has 0 unspecified atom stereocenters. The molecule has 0 spiro atoms. The number of nitrogens with one attached hydrogen (secondary N) is 2. The van der Waals surface area contributed by atoms with E-state index in [1.807, 2.05) is 30.3 Å². The topological polar surface area (TPSA) is 67.1 Å². The van der Waals surface area contributed by atoms with E-state index in [0.717, 1.165) is 4.47 Å². The van der Waals surface area contributed by atoms with E-state index in [1.165, 1.54) is 0 Å². The van der Waals surface area contributed by atoms with Crippen molar-refractivity contribution in [1.82, 2.24) is 0 Å². The van der Waals surface area contributed by atoms with Gasteiger partial charge in [0.05, 0.1) is 16.9 Å². The van der Waals surface area contributed by atoms with Gasteiger partial charge in [-0.3, -0.25) is 10.6 Å². The second kappa shape index (κ2) is 5.66. The number of hydrogen-bond acceptors (Lipinski definition) is 3. The molecular weight excluding hydrogens is 294 g/mol. The molecular formula is C13H12BrN3O. The fourth-order valence-electron chi connectivity index (χ4n) is 1.56. The number of nitrogen functional groups attached to an aromatic ring is 1. The predicted octanol–water partition coefficient (Wildman–Crippen LogP) is 2.99. The standard InChI is InChI=1S/C13H12BrN3O/c14-10-6-2-4-8-12(10)16-13(18)9-5-1-3-7-11(9)17-15/h1-8,17H,15H2,(H,16,18). The number of hydrazine groups is 1. The zero-order chi connectivity index (χ0) is 13.0. The van der Waals surface area contributed by atoms with E-state index in [9.17, 15) is 4.79 Å². The molecule has 0 aromatic heterocycles. The van der Waals surface area contributed by atoms with Crippen molar-refractivity contribution >= 4 is 33.2 Å². The fraction of sp³-hybridized carbons (Fsp3) is 0. The van der Waals surface area contributed by atoms with Gasteiger partial charge in [-0.05, 0) is 40.2 Å². The number of benzene rings is 2. The van der Waals surface area contributed by atoms with Gasteiger partial charge in [0.1, 0.15) is 0 Å². The van der Waals surface area contributed by atoms with Crippen LogP contribution in [0.5, 0.6) is 0 Å². The highest BCUT2D eigenvalue weighted by atomic mass is 79.9. The van der Waals surface area contributed by atoms with Crippen molar-refractivity contribution in [3.63, 3.8) is 0 Å². The van der Waals surface area contributed by atoms with E-state index in [-0.39, 0.29) is 5.91 Å². The summed E-state index contributed by atoms with van der Waals surface area (Å²) >= 11 is 3.38. The number of amides is 1. The molecule has 92 valence electrons. The minimum atomic E-state index is -0.213. The van der Waals surface area contributed by atoms with Gasteiger partial charge < -0.3 is 10.7 Å². The van der Waals surface area contributed by atoms with Crippen LogP contribution in [0.2, 0.25) is 0 Å². The van der Waals surface area contributed by atoms with E-state index in [1.54, 1.807) is 18.2 Å². The molecule has 0 aliphatic rings. The summed E-state index contributed by atoms with van der Waals surface area (Å²) in [5.41, 5.74) is 4.30. The SMILES string of the molecule is NNc1ccccc1C(=O)Nc1ccccc1Br. The second-order valence-electron chi connectivity index (χ2n) is 3.62. The van der Waals surface area contributed by atoms with Crippen LogP contribution in [-0.4, -0.2) is 5.91 Å². The molecule has 4 nitrogen and oxygen atoms in total. The van der Waals surface area contributed by atoms with Crippen LogP contribution in [0.25, 0.3) is 0 Å². The van der Waals surface area contributed by atoms with E-state index in [4.69, 9.17) is 5.84 Å². The summed E-state index contributed by atoms with van der Waals surface area (Å²) < 4.78 is 0.830. The Morgan fingerprint density at radius 3 is 2.28 bits per heavy atom. The highest BCUT2D eigenvalue weighted by Crippen LogP contribution is 2.23. The van der Waals surface area contributed by atoms with Crippen LogP contribution in [0, 0.1) is 0 Å². The zero-order valence-corrected chi connectivity index (χ0v) is 11.1. The number of anilines is 2. The van der Waals surface area contributed by atoms with Gasteiger partial charge in [-0.2, -0.15) is 0 Å². The van der Waals surface area contributed by atoms with Gasteiger partial charge >= 0.3 is 0 Å². The Hall–Kier alpha value is -1.85. The lowest BCUT2D eigenvalue weighted by Gasteiger charge is -2.10. The number of rotatable bonds is 3. The number of carbonyl (C=O) groups excluding carboxylic acids is 1. The van der Waals surface area contributed by atoms with E-state index in [2.05, 4.69) is 26.7 Å². The smallest absolute Gasteiger partial charge is 0.257 e. The molecule has 1 amide bonds. The normalized spacial score (nSPS) is 9.89. The second-order valence-corrected chi connectivity index (χ2v) is 4.48. The highest BCUT2D eigenvalue weighted by Gasteiger charge is 2.11. The maximum Gasteiger partial charge on any atom is 0.257 e. The van der Waals surface area contributed by atoms with E-state index >= 15 is 0 Å². The highest BCUT2D eigenvalue weighted by molar-refractivity contribution is 9.10. The maximum absolute atomic E-state index is 12.1. The largest absolute Gasteiger partial charge is 0.323 e. The van der Waals surface area contributed by atoms with Crippen molar-refractivity contribution < 1.29 is 4.79 Å². The van der Waals surface area contributed by atoms with Crippen LogP contribution < -0.4 is 16.6 Å². The number of nitrogens with two attached hydrogens (primary N) is 1. The van der Waals surface area contributed by atoms with Crippen LogP contribution >= 0.6 is 15.9 Å². The van der Waals surface area contributed by atoms with Crippen molar-refractivity contribution in [2.75, 3.05) is 10.7 Å². The molecule has 0 radical (unpaired) electrons. The third-order valence-corrected chi connectivity index (χ3v) is 3.14. The van der Waals surface area contributed by atoms with Crippen molar-refractivity contribution in [2.24, 2.45) is 5.84 Å². The van der Waals surface area contributed by atoms with Gasteiger partial charge in [0.25, 0.3) is 5.91 Å². The Kier molecular flexibility index (Phi) is 3.96. The molecule has 0 aliphatic heterocycles. The van der Waals surface area contributed by atoms with Crippen LogP contribution in [0.4, 0.5) is 11.4 Å². The fourth-order valence-corrected chi connectivity index (χ4v) is 1.94. The summed E-state index contributed by atoms with van der Waals surface area (Å²) in [5.74, 6) is 5.16. The minimum Gasteiger partial charge on any atom is -0.323 e. The van der Waals surface area contributed by atoms with Crippen LogP contribution in [0.15, 0.2) is 53.0 Å². The van der Waals surface area contributed by atoms with Gasteiger partial charge in [0.2, 0.25) is 0 Å². The molecule has 0 fully saturated rings. The number of halogens is 1. The first-order valence-corrected chi connectivity index (χ1v) is 6.13. The summed E-state index contributed by atoms with van der Waals surface area (Å²) in [4.78, 5) is 12.1. The number of carbonyl (C=O) groups is 1. The molecule has 2 aromatic rings. The Morgan fingerprint density at radius 1 is 1.00 bits per heavy atom. The molecule has 4 N–H and O–H groups in total. The van der Waals surface area contributed by atoms with Crippen molar-refractivity contribution in [3.05, 3.63) is 58.6 Å². The average molecular weight is 306 g/mol. The molecule has 0 atom stereocenters. The van der Waals surface area contributed by atoms with Gasteiger partial charge in [-0.25, -0.2) is 0 Å². The Labute approximate surface area is 113 Å². The monoisotopic (exact) mass is 305 g/mol. The van der Waals surface area contributed by atoms with E-state index < -0.39 is 0 Å². The first kappa shape index (κ1) is 12.6. The molecule has 0 aliphatic carbocycles. The first-order chi connectivity index (χ1) is 8.72. The first-order valence-electron chi connectivity index (χ1n) is 5.34. The third-order valence-electron chi connectivity index (χ3n) is 2.45. The minimum absolute atomic E-state index is 0.213. The molecule has 5 heteroatoms. The third kappa shape index (κ3) is 2.69. The van der Waals surface area contributed by atoms with Gasteiger partial charge in [0, 0.05) is 4.47 Å². The number of hydrogen-bond donors (Lipinski definition) is 3. The molecule has 2 aromatic carbocycles. The van der Waals surface area contributed by atoms with Crippen molar-refractivity contribution in [3.8, 4) is 0 Å². The quantitative estimate of drug-likeness (QED) is 0.603. The summed E-state index contributed by atoms with van der Waals surface area (Å²) in [5, 5.41) is 2.82. The molecule has 0 heterocycles. The molecule has 18 heavy (non-hydrogen) atoms. The van der Waals surface area contributed by atoms with Crippen molar-refractivity contribution in [1.29, 1.82) is 0 Å².